The van der Waals surface area contributed by atoms with Gasteiger partial charge in [-0.25, -0.2) is 4.98 Å². The van der Waals surface area contributed by atoms with Crippen LogP contribution in [0.1, 0.15) is 28.8 Å². The average molecular weight is 589 g/mol. The summed E-state index contributed by atoms with van der Waals surface area (Å²) in [5.74, 6) is 0.774. The predicted octanol–water partition coefficient (Wildman–Crippen LogP) is 5.78. The van der Waals surface area contributed by atoms with Crippen LogP contribution >= 0.6 is 11.6 Å². The van der Waals surface area contributed by atoms with E-state index in [-0.39, 0.29) is 30.4 Å². The van der Waals surface area contributed by atoms with Gasteiger partial charge in [-0.05, 0) is 56.2 Å². The number of halogens is 1. The van der Waals surface area contributed by atoms with Crippen LogP contribution in [0.25, 0.3) is 16.9 Å². The lowest BCUT2D eigenvalue weighted by Crippen LogP contribution is -2.42. The summed E-state index contributed by atoms with van der Waals surface area (Å²) in [6.45, 7) is 2.77. The first kappa shape index (κ1) is 29.2. The fourth-order valence-corrected chi connectivity index (χ4v) is 5.00. The summed E-state index contributed by atoms with van der Waals surface area (Å²) in [5.41, 5.74) is 3.71. The Morgan fingerprint density at radius 2 is 1.79 bits per heavy atom. The summed E-state index contributed by atoms with van der Waals surface area (Å²) >= 11 is 6.10. The number of amides is 2. The van der Waals surface area contributed by atoms with Crippen LogP contribution < -0.4 is 14.8 Å². The number of nitrogens with zero attached hydrogens (tertiary/aromatic N) is 3. The van der Waals surface area contributed by atoms with Gasteiger partial charge in [-0.1, -0.05) is 41.4 Å². The van der Waals surface area contributed by atoms with Crippen molar-refractivity contribution in [1.82, 2.24) is 14.5 Å². The number of imidazole rings is 1. The Morgan fingerprint density at radius 1 is 1.05 bits per heavy atom. The highest BCUT2D eigenvalue weighted by molar-refractivity contribution is 6.30. The number of hydrogen-bond donors (Lipinski definition) is 1. The van der Waals surface area contributed by atoms with Gasteiger partial charge < -0.3 is 19.1 Å². The largest absolute Gasteiger partial charge is 0.493 e. The van der Waals surface area contributed by atoms with Gasteiger partial charge in [-0.15, -0.1) is 0 Å². The van der Waals surface area contributed by atoms with Gasteiger partial charge in [0.1, 0.15) is 6.54 Å². The van der Waals surface area contributed by atoms with E-state index in [1.54, 1.807) is 60.1 Å². The molecule has 1 aliphatic heterocycles. The Balaban J connectivity index is 1.44. The molecule has 1 saturated heterocycles. The number of anilines is 1. The minimum atomic E-state index is -0.386. The van der Waals surface area contributed by atoms with E-state index in [1.165, 1.54) is 0 Å². The van der Waals surface area contributed by atoms with Gasteiger partial charge in [0.25, 0.3) is 5.91 Å². The van der Waals surface area contributed by atoms with Crippen molar-refractivity contribution < 1.29 is 23.8 Å². The van der Waals surface area contributed by atoms with Crippen LogP contribution in [0.4, 0.5) is 5.95 Å². The molecule has 42 heavy (non-hydrogen) atoms. The molecule has 2 amide bonds. The zero-order valence-corrected chi connectivity index (χ0v) is 24.6. The number of aryl methyl sites for hydroxylation is 1. The van der Waals surface area contributed by atoms with E-state index in [1.807, 2.05) is 43.5 Å². The standard InChI is InChI=1S/C32H33ClN4O5/c1-21-6-8-23(9-7-21)31(39)36(18-26-5-4-16-42-26)20-30(38)35-32-34-27(22-10-12-24(33)13-11-22)19-37(32)25-14-15-28(40-2)29(17-25)41-3/h6-15,17,19,26H,4-5,16,18,20H2,1-3H3,(H,34,35,38). The van der Waals surface area contributed by atoms with Crippen LogP contribution in [0.2, 0.25) is 5.02 Å². The molecule has 1 N–H and O–H groups in total. The van der Waals surface area contributed by atoms with Crippen LogP contribution in [-0.2, 0) is 9.53 Å². The number of carbonyl (C=O) groups excluding carboxylic acids is 2. The molecule has 1 fully saturated rings. The second-order valence-electron chi connectivity index (χ2n) is 10.1. The molecule has 1 atom stereocenters. The summed E-state index contributed by atoms with van der Waals surface area (Å²) in [5, 5.41) is 3.54. The number of ether oxygens (including phenoxy) is 3. The molecule has 10 heteroatoms. The third kappa shape index (κ3) is 6.75. The first-order valence-corrected chi connectivity index (χ1v) is 14.1. The number of rotatable bonds is 10. The predicted molar refractivity (Wildman–Crippen MR) is 162 cm³/mol. The first-order chi connectivity index (χ1) is 20.3. The highest BCUT2D eigenvalue weighted by Gasteiger charge is 2.26. The molecule has 0 bridgehead atoms. The van der Waals surface area contributed by atoms with Crippen LogP contribution in [0.5, 0.6) is 11.5 Å². The van der Waals surface area contributed by atoms with Gasteiger partial charge >= 0.3 is 0 Å². The van der Waals surface area contributed by atoms with E-state index in [0.717, 1.165) is 24.0 Å². The Bertz CT molecular complexity index is 1550. The van der Waals surface area contributed by atoms with Gasteiger partial charge in [0.2, 0.25) is 11.9 Å². The fourth-order valence-electron chi connectivity index (χ4n) is 4.87. The SMILES string of the molecule is COc1ccc(-n2cc(-c3ccc(Cl)cc3)nc2NC(=O)CN(CC2CCCO2)C(=O)c2ccc(C)cc2)cc1OC. The topological polar surface area (TPSA) is 94.9 Å². The maximum Gasteiger partial charge on any atom is 0.254 e. The molecule has 0 radical (unpaired) electrons. The lowest BCUT2D eigenvalue weighted by molar-refractivity contribution is -0.117. The summed E-state index contributed by atoms with van der Waals surface area (Å²) in [6, 6.07) is 20.0. The second kappa shape index (κ2) is 13.1. The van der Waals surface area contributed by atoms with Gasteiger partial charge in [-0.2, -0.15) is 0 Å². The van der Waals surface area contributed by atoms with E-state index in [2.05, 4.69) is 5.32 Å². The van der Waals surface area contributed by atoms with Crippen LogP contribution in [0.15, 0.2) is 72.9 Å². The molecule has 5 rings (SSSR count). The van der Waals surface area contributed by atoms with E-state index < -0.39 is 0 Å². The fraction of sp³-hybridized carbons (Fsp3) is 0.281. The number of carbonyl (C=O) groups is 2. The molecule has 9 nitrogen and oxygen atoms in total. The van der Waals surface area contributed by atoms with Crippen molar-refractivity contribution in [2.24, 2.45) is 0 Å². The van der Waals surface area contributed by atoms with Crippen LogP contribution in [-0.4, -0.2) is 66.3 Å². The van der Waals surface area contributed by atoms with Crippen molar-refractivity contribution in [3.63, 3.8) is 0 Å². The van der Waals surface area contributed by atoms with Gasteiger partial charge in [0, 0.05) is 41.6 Å². The zero-order valence-electron chi connectivity index (χ0n) is 23.8. The Morgan fingerprint density at radius 3 is 2.45 bits per heavy atom. The Hall–Kier alpha value is -4.34. The molecular formula is C32H33ClN4O5. The zero-order chi connectivity index (χ0) is 29.6. The summed E-state index contributed by atoms with van der Waals surface area (Å²) in [6.07, 6.45) is 3.48. The third-order valence-corrected chi connectivity index (χ3v) is 7.36. The van der Waals surface area contributed by atoms with Gasteiger partial charge in [-0.3, -0.25) is 19.5 Å². The smallest absolute Gasteiger partial charge is 0.254 e. The molecule has 1 aromatic heterocycles. The normalized spacial score (nSPS) is 14.4. The number of aromatic nitrogens is 2. The maximum absolute atomic E-state index is 13.5. The summed E-state index contributed by atoms with van der Waals surface area (Å²) in [7, 11) is 3.13. The Labute approximate surface area is 250 Å². The van der Waals surface area contributed by atoms with Gasteiger partial charge in [0.05, 0.1) is 31.7 Å². The third-order valence-electron chi connectivity index (χ3n) is 7.11. The van der Waals surface area contributed by atoms with E-state index in [0.29, 0.717) is 46.6 Å². The highest BCUT2D eigenvalue weighted by Crippen LogP contribution is 2.32. The van der Waals surface area contributed by atoms with E-state index in [4.69, 9.17) is 30.8 Å². The summed E-state index contributed by atoms with van der Waals surface area (Å²) in [4.78, 5) is 33.3. The molecule has 2 heterocycles. The monoisotopic (exact) mass is 588 g/mol. The molecule has 4 aromatic rings. The first-order valence-electron chi connectivity index (χ1n) is 13.7. The van der Waals surface area contributed by atoms with Crippen molar-refractivity contribution in [3.8, 4) is 28.4 Å². The lowest BCUT2D eigenvalue weighted by Gasteiger charge is -2.25. The highest BCUT2D eigenvalue weighted by atomic mass is 35.5. The second-order valence-corrected chi connectivity index (χ2v) is 10.5. The van der Waals surface area contributed by atoms with Crippen molar-refractivity contribution in [1.29, 1.82) is 0 Å². The number of methoxy groups -OCH3 is 2. The molecule has 0 spiro atoms. The molecule has 0 aliphatic carbocycles. The van der Waals surface area contributed by atoms with Crippen LogP contribution in [0.3, 0.4) is 0 Å². The molecule has 218 valence electrons. The van der Waals surface area contributed by atoms with Crippen molar-refractivity contribution in [2.45, 2.75) is 25.9 Å². The molecule has 1 aliphatic rings. The van der Waals surface area contributed by atoms with E-state index >= 15 is 0 Å². The minimum Gasteiger partial charge on any atom is -0.493 e. The van der Waals surface area contributed by atoms with Gasteiger partial charge in [0.15, 0.2) is 11.5 Å². The van der Waals surface area contributed by atoms with Crippen LogP contribution in [0, 0.1) is 6.92 Å². The van der Waals surface area contributed by atoms with Crippen molar-refractivity contribution >= 4 is 29.4 Å². The average Bonchev–Trinajstić information content (AvgIpc) is 3.67. The molecular weight excluding hydrogens is 556 g/mol. The van der Waals surface area contributed by atoms with Crippen molar-refractivity contribution in [3.05, 3.63) is 89.1 Å². The minimum absolute atomic E-state index is 0.113. The van der Waals surface area contributed by atoms with E-state index in [9.17, 15) is 9.59 Å². The number of nitrogens with one attached hydrogen (secondary N) is 1. The lowest BCUT2D eigenvalue weighted by atomic mass is 10.1. The van der Waals surface area contributed by atoms with Crippen molar-refractivity contribution in [2.75, 3.05) is 39.2 Å². The molecule has 3 aromatic carbocycles. The molecule has 0 saturated carbocycles. The quantitative estimate of drug-likeness (QED) is 0.252. The number of benzene rings is 3. The molecule has 1 unspecified atom stereocenters. The summed E-state index contributed by atoms with van der Waals surface area (Å²) < 4.78 is 18.4. The Kier molecular flexibility index (Phi) is 9.09. The maximum atomic E-state index is 13.5. The number of hydrogen-bond acceptors (Lipinski definition) is 6.